The zero-order valence-corrected chi connectivity index (χ0v) is 14.9. The van der Waals surface area contributed by atoms with Crippen molar-refractivity contribution < 1.29 is 4.74 Å². The second-order valence-corrected chi connectivity index (χ2v) is 5.67. The van der Waals surface area contributed by atoms with Gasteiger partial charge >= 0.3 is 0 Å². The van der Waals surface area contributed by atoms with E-state index in [0.717, 1.165) is 22.5 Å². The Kier molecular flexibility index (Phi) is 4.99. The Morgan fingerprint density at radius 3 is 2.56 bits per heavy atom. The number of nitrogens with zero attached hydrogens (tertiary/aromatic N) is 5. The van der Waals surface area contributed by atoms with Crippen molar-refractivity contribution in [1.82, 2.24) is 15.0 Å². The van der Waals surface area contributed by atoms with E-state index in [0.29, 0.717) is 17.8 Å². The summed E-state index contributed by atoms with van der Waals surface area (Å²) in [7, 11) is 0. The van der Waals surface area contributed by atoms with Crippen LogP contribution >= 0.6 is 0 Å². The highest BCUT2D eigenvalue weighted by atomic mass is 16.5. The molecule has 0 bridgehead atoms. The maximum absolute atomic E-state index is 8.92. The van der Waals surface area contributed by atoms with Gasteiger partial charge in [-0.05, 0) is 55.8 Å². The van der Waals surface area contributed by atoms with Crippen LogP contribution in [0.4, 0.5) is 5.69 Å². The number of nitrogens with one attached hydrogen (secondary N) is 2. The Hall–Kier alpha value is -3.93. The van der Waals surface area contributed by atoms with Crippen LogP contribution in [0.1, 0.15) is 12.5 Å². The number of anilines is 1. The Bertz CT molecular complexity index is 1060. The highest BCUT2D eigenvalue weighted by Crippen LogP contribution is 2.22. The minimum atomic E-state index is -0.398. The summed E-state index contributed by atoms with van der Waals surface area (Å²) in [6.07, 6.45) is 0. The number of nitriles is 1. The molecule has 27 heavy (non-hydrogen) atoms. The van der Waals surface area contributed by atoms with Crippen molar-refractivity contribution in [2.45, 2.75) is 13.8 Å². The van der Waals surface area contributed by atoms with Crippen LogP contribution in [0.3, 0.4) is 0 Å². The van der Waals surface area contributed by atoms with Gasteiger partial charge in [-0.2, -0.15) is 15.2 Å². The number of amidine groups is 1. The van der Waals surface area contributed by atoms with Gasteiger partial charge in [0, 0.05) is 0 Å². The first-order chi connectivity index (χ1) is 13.0. The van der Waals surface area contributed by atoms with Gasteiger partial charge in [-0.3, -0.25) is 10.8 Å². The molecule has 9 heteroatoms. The Balaban J connectivity index is 1.92. The predicted molar refractivity (Wildman–Crippen MR) is 103 cm³/mol. The summed E-state index contributed by atoms with van der Waals surface area (Å²) in [5.74, 6) is 0.391. The zero-order valence-electron chi connectivity index (χ0n) is 14.9. The van der Waals surface area contributed by atoms with Crippen molar-refractivity contribution in [3.63, 3.8) is 0 Å². The average Bonchev–Trinajstić information content (AvgIpc) is 3.05. The molecule has 0 saturated heterocycles. The third kappa shape index (κ3) is 3.85. The summed E-state index contributed by atoms with van der Waals surface area (Å²) in [5, 5.41) is 29.1. The Morgan fingerprint density at radius 1 is 1.30 bits per heavy atom. The van der Waals surface area contributed by atoms with E-state index in [4.69, 9.17) is 21.1 Å². The first-order valence-corrected chi connectivity index (χ1v) is 8.21. The van der Waals surface area contributed by atoms with E-state index < -0.39 is 5.84 Å². The summed E-state index contributed by atoms with van der Waals surface area (Å²) < 4.78 is 5.44. The fourth-order valence-electron chi connectivity index (χ4n) is 2.41. The van der Waals surface area contributed by atoms with Gasteiger partial charge in [-0.25, -0.2) is 0 Å². The van der Waals surface area contributed by atoms with Crippen molar-refractivity contribution >= 4 is 28.3 Å². The molecular weight excluding hydrogens is 344 g/mol. The van der Waals surface area contributed by atoms with Gasteiger partial charge in [-0.15, -0.1) is 10.2 Å². The molecule has 0 radical (unpaired) electrons. The molecule has 136 valence electrons. The van der Waals surface area contributed by atoms with Gasteiger partial charge in [-0.1, -0.05) is 0 Å². The largest absolute Gasteiger partial charge is 0.494 e. The summed E-state index contributed by atoms with van der Waals surface area (Å²) >= 11 is 0. The molecule has 0 saturated carbocycles. The molecule has 0 fully saturated rings. The van der Waals surface area contributed by atoms with Crippen molar-refractivity contribution in [2.75, 3.05) is 12.0 Å². The van der Waals surface area contributed by atoms with Crippen LogP contribution in [-0.2, 0) is 0 Å². The minimum absolute atomic E-state index is 0.187. The second-order valence-electron chi connectivity index (χ2n) is 5.67. The van der Waals surface area contributed by atoms with E-state index in [1.54, 1.807) is 16.9 Å². The molecule has 0 aliphatic carbocycles. The first kappa shape index (κ1) is 17.9. The molecule has 2 aromatic carbocycles. The molecule has 0 aliphatic rings. The number of hydrogen-bond donors (Lipinski definition) is 3. The molecule has 0 aliphatic heterocycles. The molecule has 0 atom stereocenters. The number of benzene rings is 2. The molecule has 4 N–H and O–H groups in total. The number of hydrogen-bond acceptors (Lipinski definition) is 7. The highest BCUT2D eigenvalue weighted by Gasteiger charge is 2.09. The highest BCUT2D eigenvalue weighted by molar-refractivity contribution is 6.45. The van der Waals surface area contributed by atoms with Crippen LogP contribution in [0, 0.1) is 23.7 Å². The standard InChI is InChI=1S/C18H18N8O/c1-3-27-13-6-4-12(5-7-13)26-24-15-8-11(2)14(9-16(15)25-26)22-23-17(10-19)18(20)21/h4-9,22H,3H2,1-2H3,(H3,20,21)/b23-17+. The number of rotatable bonds is 6. The van der Waals surface area contributed by atoms with Gasteiger partial charge in [0.15, 0.2) is 5.84 Å². The van der Waals surface area contributed by atoms with Crippen molar-refractivity contribution in [3.05, 3.63) is 42.0 Å². The molecule has 0 amide bonds. The number of aromatic nitrogens is 3. The third-order valence-electron chi connectivity index (χ3n) is 3.75. The number of nitrogens with two attached hydrogens (primary N) is 1. The number of aryl methyl sites for hydroxylation is 1. The molecule has 1 heterocycles. The van der Waals surface area contributed by atoms with Crippen molar-refractivity contribution in [3.8, 4) is 17.5 Å². The van der Waals surface area contributed by atoms with E-state index in [2.05, 4.69) is 20.7 Å². The Labute approximate surface area is 155 Å². The van der Waals surface area contributed by atoms with Gasteiger partial charge in [0.2, 0.25) is 5.71 Å². The van der Waals surface area contributed by atoms with Crippen LogP contribution in [0.5, 0.6) is 5.75 Å². The lowest BCUT2D eigenvalue weighted by atomic mass is 10.2. The van der Waals surface area contributed by atoms with E-state index in [-0.39, 0.29) is 5.71 Å². The lowest BCUT2D eigenvalue weighted by Crippen LogP contribution is -2.21. The summed E-state index contributed by atoms with van der Waals surface area (Å²) in [6, 6.07) is 12.9. The lowest BCUT2D eigenvalue weighted by molar-refractivity contribution is 0.340. The number of hydrazone groups is 1. The fraction of sp³-hybridized carbons (Fsp3) is 0.167. The second kappa shape index (κ2) is 7.53. The summed E-state index contributed by atoms with van der Waals surface area (Å²) in [4.78, 5) is 1.54. The van der Waals surface area contributed by atoms with E-state index in [1.807, 2.05) is 44.2 Å². The van der Waals surface area contributed by atoms with Crippen LogP contribution in [-0.4, -0.2) is 33.1 Å². The maximum atomic E-state index is 8.92. The molecule has 3 aromatic rings. The zero-order chi connectivity index (χ0) is 19.4. The summed E-state index contributed by atoms with van der Waals surface area (Å²) in [6.45, 7) is 4.43. The van der Waals surface area contributed by atoms with Crippen molar-refractivity contribution in [1.29, 1.82) is 10.7 Å². The van der Waals surface area contributed by atoms with E-state index in [9.17, 15) is 0 Å². The molecule has 0 spiro atoms. The van der Waals surface area contributed by atoms with Gasteiger partial charge in [0.05, 0.1) is 18.0 Å². The van der Waals surface area contributed by atoms with Gasteiger partial charge in [0.1, 0.15) is 22.9 Å². The molecule has 9 nitrogen and oxygen atoms in total. The fourth-order valence-corrected chi connectivity index (χ4v) is 2.41. The van der Waals surface area contributed by atoms with Crippen LogP contribution in [0.2, 0.25) is 0 Å². The van der Waals surface area contributed by atoms with E-state index >= 15 is 0 Å². The monoisotopic (exact) mass is 362 g/mol. The smallest absolute Gasteiger partial charge is 0.201 e. The normalized spacial score (nSPS) is 11.2. The maximum Gasteiger partial charge on any atom is 0.201 e. The first-order valence-electron chi connectivity index (χ1n) is 8.21. The summed E-state index contributed by atoms with van der Waals surface area (Å²) in [5.41, 5.74) is 11.6. The molecule has 1 aromatic heterocycles. The topological polar surface area (TPSA) is 138 Å². The molecular formula is C18H18N8O. The Morgan fingerprint density at radius 2 is 1.96 bits per heavy atom. The van der Waals surface area contributed by atoms with Crippen LogP contribution < -0.4 is 15.9 Å². The lowest BCUT2D eigenvalue weighted by Gasteiger charge is -2.04. The average molecular weight is 362 g/mol. The van der Waals surface area contributed by atoms with E-state index in [1.165, 1.54) is 0 Å². The number of fused-ring (bicyclic) bond motifs is 1. The molecule has 0 unspecified atom stereocenters. The van der Waals surface area contributed by atoms with Crippen LogP contribution in [0.15, 0.2) is 41.5 Å². The SMILES string of the molecule is CCOc1ccc(-n2nc3cc(C)c(N/N=C(\C#N)C(=N)N)cc3n2)cc1. The quantitative estimate of drug-likeness (QED) is 0.349. The van der Waals surface area contributed by atoms with Crippen molar-refractivity contribution in [2.24, 2.45) is 10.8 Å². The minimum Gasteiger partial charge on any atom is -0.494 e. The van der Waals surface area contributed by atoms with Crippen LogP contribution in [0.25, 0.3) is 16.7 Å². The van der Waals surface area contributed by atoms with Gasteiger partial charge in [0.25, 0.3) is 0 Å². The number of ether oxygens (including phenoxy) is 1. The predicted octanol–water partition coefficient (Wildman–Crippen LogP) is 2.36. The molecule has 3 rings (SSSR count). The van der Waals surface area contributed by atoms with Gasteiger partial charge < -0.3 is 10.5 Å². The third-order valence-corrected chi connectivity index (χ3v) is 3.75.